The van der Waals surface area contributed by atoms with Crippen LogP contribution in [0.3, 0.4) is 0 Å². The lowest BCUT2D eigenvalue weighted by Crippen LogP contribution is -2.27. The highest BCUT2D eigenvalue weighted by molar-refractivity contribution is 8.13. The van der Waals surface area contributed by atoms with Crippen LogP contribution in [-0.2, 0) is 9.59 Å². The standard InChI is InChI=1S/C11H12Cl2N4O2S/c1-5(18)20-4-6-2-7(19)17(3-6)11-15-9(12)8(14)10(13)16-11/h6H,2-4,14H2,1H3. The van der Waals surface area contributed by atoms with Gasteiger partial charge in [-0.1, -0.05) is 35.0 Å². The predicted molar refractivity (Wildman–Crippen MR) is 80.1 cm³/mol. The van der Waals surface area contributed by atoms with E-state index in [1.54, 1.807) is 0 Å². The molecule has 1 amide bonds. The third-order valence-corrected chi connectivity index (χ3v) is 4.43. The summed E-state index contributed by atoms with van der Waals surface area (Å²) >= 11 is 12.9. The second-order valence-corrected chi connectivity index (χ2v) is 6.31. The molecule has 1 aromatic rings. The van der Waals surface area contributed by atoms with Gasteiger partial charge in [0.05, 0.1) is 0 Å². The molecule has 2 rings (SSSR count). The lowest BCUT2D eigenvalue weighted by molar-refractivity contribution is -0.117. The van der Waals surface area contributed by atoms with Crippen LogP contribution in [0, 0.1) is 5.92 Å². The van der Waals surface area contributed by atoms with Crippen LogP contribution >= 0.6 is 35.0 Å². The van der Waals surface area contributed by atoms with Crippen LogP contribution in [0.4, 0.5) is 11.6 Å². The molecule has 0 radical (unpaired) electrons. The first kappa shape index (κ1) is 15.3. The van der Waals surface area contributed by atoms with Crippen LogP contribution in [0.5, 0.6) is 0 Å². The number of hydrogen-bond acceptors (Lipinski definition) is 6. The fraction of sp³-hybridized carbons (Fsp3) is 0.455. The molecule has 2 heterocycles. The Balaban J connectivity index is 2.14. The Bertz CT molecular complexity index is 546. The lowest BCUT2D eigenvalue weighted by atomic mass is 10.1. The second kappa shape index (κ2) is 6.15. The van der Waals surface area contributed by atoms with Gasteiger partial charge >= 0.3 is 0 Å². The van der Waals surface area contributed by atoms with Gasteiger partial charge in [0.2, 0.25) is 11.9 Å². The van der Waals surface area contributed by atoms with Crippen LogP contribution in [-0.4, -0.2) is 33.3 Å². The molecule has 20 heavy (non-hydrogen) atoms. The Morgan fingerprint density at radius 1 is 1.45 bits per heavy atom. The number of carbonyl (C=O) groups is 2. The van der Waals surface area contributed by atoms with Crippen molar-refractivity contribution in [1.29, 1.82) is 0 Å². The number of rotatable bonds is 3. The molecule has 1 atom stereocenters. The van der Waals surface area contributed by atoms with E-state index in [-0.39, 0.29) is 38.9 Å². The number of anilines is 2. The van der Waals surface area contributed by atoms with Gasteiger partial charge in [-0.2, -0.15) is 9.97 Å². The maximum Gasteiger partial charge on any atom is 0.235 e. The summed E-state index contributed by atoms with van der Waals surface area (Å²) in [5.74, 6) is 0.703. The fourth-order valence-corrected chi connectivity index (χ4v) is 2.92. The summed E-state index contributed by atoms with van der Waals surface area (Å²) in [6.45, 7) is 1.94. The highest BCUT2D eigenvalue weighted by Crippen LogP contribution is 2.30. The number of aromatic nitrogens is 2. The lowest BCUT2D eigenvalue weighted by Gasteiger charge is -2.15. The molecule has 1 fully saturated rings. The summed E-state index contributed by atoms with van der Waals surface area (Å²) in [5.41, 5.74) is 5.65. The molecular weight excluding hydrogens is 323 g/mol. The third-order valence-electron chi connectivity index (χ3n) is 2.81. The Hall–Kier alpha value is -1.05. The molecule has 0 aromatic carbocycles. The summed E-state index contributed by atoms with van der Waals surface area (Å²) in [7, 11) is 0. The Morgan fingerprint density at radius 2 is 2.05 bits per heavy atom. The topological polar surface area (TPSA) is 89.2 Å². The molecule has 108 valence electrons. The molecular formula is C11H12Cl2N4O2S. The van der Waals surface area contributed by atoms with E-state index in [0.29, 0.717) is 18.7 Å². The second-order valence-electron chi connectivity index (χ2n) is 4.40. The molecule has 9 heteroatoms. The average molecular weight is 335 g/mol. The van der Waals surface area contributed by atoms with E-state index in [0.717, 1.165) is 0 Å². The SMILES string of the molecule is CC(=O)SCC1CC(=O)N(c2nc(Cl)c(N)c(Cl)n2)C1. The van der Waals surface area contributed by atoms with Crippen molar-refractivity contribution in [3.8, 4) is 0 Å². The molecule has 1 saturated heterocycles. The van der Waals surface area contributed by atoms with Gasteiger partial charge in [0.1, 0.15) is 5.69 Å². The zero-order valence-corrected chi connectivity index (χ0v) is 12.9. The summed E-state index contributed by atoms with van der Waals surface area (Å²) < 4.78 is 0. The molecule has 1 unspecified atom stereocenters. The predicted octanol–water partition coefficient (Wildman–Crippen LogP) is 2.00. The van der Waals surface area contributed by atoms with E-state index >= 15 is 0 Å². The summed E-state index contributed by atoms with van der Waals surface area (Å²) in [6.07, 6.45) is 0.350. The zero-order chi connectivity index (χ0) is 14.9. The zero-order valence-electron chi connectivity index (χ0n) is 10.6. The number of thioether (sulfide) groups is 1. The van der Waals surface area contributed by atoms with Crippen LogP contribution < -0.4 is 10.6 Å². The van der Waals surface area contributed by atoms with Crippen molar-refractivity contribution in [3.63, 3.8) is 0 Å². The number of carbonyl (C=O) groups excluding carboxylic acids is 2. The van der Waals surface area contributed by atoms with Crippen molar-refractivity contribution in [3.05, 3.63) is 10.3 Å². The van der Waals surface area contributed by atoms with E-state index in [1.165, 1.54) is 23.6 Å². The number of nitrogen functional groups attached to an aromatic ring is 1. The van der Waals surface area contributed by atoms with Crippen LogP contribution in [0.1, 0.15) is 13.3 Å². The van der Waals surface area contributed by atoms with Crippen molar-refractivity contribution < 1.29 is 9.59 Å². The van der Waals surface area contributed by atoms with Gasteiger partial charge in [-0.15, -0.1) is 0 Å². The Morgan fingerprint density at radius 3 is 2.60 bits per heavy atom. The quantitative estimate of drug-likeness (QED) is 0.850. The van der Waals surface area contributed by atoms with Crippen LogP contribution in [0.2, 0.25) is 10.3 Å². The van der Waals surface area contributed by atoms with Gasteiger partial charge in [0.15, 0.2) is 15.4 Å². The first-order valence-corrected chi connectivity index (χ1v) is 7.55. The number of nitrogens with two attached hydrogens (primary N) is 1. The molecule has 2 N–H and O–H groups in total. The van der Waals surface area contributed by atoms with E-state index in [9.17, 15) is 9.59 Å². The van der Waals surface area contributed by atoms with Gasteiger partial charge in [-0.25, -0.2) is 0 Å². The van der Waals surface area contributed by atoms with E-state index < -0.39 is 0 Å². The maximum atomic E-state index is 12.0. The third kappa shape index (κ3) is 3.34. The van der Waals surface area contributed by atoms with E-state index in [1.807, 2.05) is 0 Å². The van der Waals surface area contributed by atoms with E-state index in [4.69, 9.17) is 28.9 Å². The molecule has 6 nitrogen and oxygen atoms in total. The number of hydrogen-bond donors (Lipinski definition) is 1. The fourth-order valence-electron chi connectivity index (χ4n) is 1.85. The number of halogens is 2. The van der Waals surface area contributed by atoms with Crippen molar-refractivity contribution in [2.24, 2.45) is 5.92 Å². The van der Waals surface area contributed by atoms with Gasteiger partial charge in [-0.3, -0.25) is 14.5 Å². The van der Waals surface area contributed by atoms with Crippen molar-refractivity contribution >= 4 is 57.6 Å². The number of nitrogens with zero attached hydrogens (tertiary/aromatic N) is 3. The summed E-state index contributed by atoms with van der Waals surface area (Å²) in [5, 5.41) is 0.0782. The summed E-state index contributed by atoms with van der Waals surface area (Å²) in [4.78, 5) is 32.3. The van der Waals surface area contributed by atoms with Gasteiger partial charge < -0.3 is 5.73 Å². The molecule has 1 aliphatic heterocycles. The summed E-state index contributed by atoms with van der Waals surface area (Å²) in [6, 6.07) is 0. The van der Waals surface area contributed by atoms with Gasteiger partial charge in [0, 0.05) is 25.6 Å². The highest BCUT2D eigenvalue weighted by atomic mass is 35.5. The van der Waals surface area contributed by atoms with Crippen molar-refractivity contribution in [1.82, 2.24) is 9.97 Å². The maximum absolute atomic E-state index is 12.0. The Labute approximate surface area is 130 Å². The molecule has 1 aromatic heterocycles. The van der Waals surface area contributed by atoms with Gasteiger partial charge in [-0.05, 0) is 5.92 Å². The molecule has 0 spiro atoms. The first-order valence-electron chi connectivity index (χ1n) is 5.80. The highest BCUT2D eigenvalue weighted by Gasteiger charge is 2.33. The first-order chi connectivity index (χ1) is 9.38. The minimum atomic E-state index is -0.115. The number of amides is 1. The largest absolute Gasteiger partial charge is 0.394 e. The molecule has 0 aliphatic carbocycles. The normalized spacial score (nSPS) is 18.6. The van der Waals surface area contributed by atoms with Crippen LogP contribution in [0.15, 0.2) is 0 Å². The Kier molecular flexibility index (Phi) is 4.72. The molecule has 1 aliphatic rings. The minimum Gasteiger partial charge on any atom is -0.394 e. The van der Waals surface area contributed by atoms with Crippen molar-refractivity contribution in [2.75, 3.05) is 22.9 Å². The van der Waals surface area contributed by atoms with Crippen molar-refractivity contribution in [2.45, 2.75) is 13.3 Å². The average Bonchev–Trinajstić information content (AvgIpc) is 2.74. The smallest absolute Gasteiger partial charge is 0.235 e. The van der Waals surface area contributed by atoms with Gasteiger partial charge in [0.25, 0.3) is 0 Å². The monoisotopic (exact) mass is 334 g/mol. The minimum absolute atomic E-state index is 0.0226. The van der Waals surface area contributed by atoms with E-state index in [2.05, 4.69) is 9.97 Å². The molecule has 0 bridgehead atoms. The molecule has 0 saturated carbocycles. The van der Waals surface area contributed by atoms with Crippen LogP contribution in [0.25, 0.3) is 0 Å².